The number of hydrogen-bond donors (Lipinski definition) is 2. The van der Waals surface area contributed by atoms with E-state index in [-0.39, 0.29) is 11.9 Å². The average molecular weight is 512 g/mol. The number of nitrogens with zero attached hydrogens (tertiary/aromatic N) is 7. The van der Waals surface area contributed by atoms with Gasteiger partial charge in [0.05, 0.1) is 41.0 Å². The summed E-state index contributed by atoms with van der Waals surface area (Å²) in [5.41, 5.74) is 3.03. The quantitative estimate of drug-likeness (QED) is 0.380. The molecule has 5 heterocycles. The molecule has 1 fully saturated rings. The number of nitrogens with one attached hydrogen (secondary N) is 2. The Morgan fingerprint density at radius 3 is 2.61 bits per heavy atom. The van der Waals surface area contributed by atoms with Crippen molar-refractivity contribution in [1.82, 2.24) is 24.7 Å². The number of carbonyl (C=O) groups is 1. The van der Waals surface area contributed by atoms with Gasteiger partial charge in [-0.1, -0.05) is 0 Å². The molecule has 0 saturated carbocycles. The van der Waals surface area contributed by atoms with Crippen molar-refractivity contribution in [3.05, 3.63) is 60.2 Å². The van der Waals surface area contributed by atoms with Gasteiger partial charge in [-0.2, -0.15) is 15.0 Å². The van der Waals surface area contributed by atoms with Crippen LogP contribution in [0.5, 0.6) is 0 Å². The molecule has 4 aromatic rings. The Labute approximate surface area is 220 Å². The van der Waals surface area contributed by atoms with E-state index in [1.807, 2.05) is 26.0 Å². The van der Waals surface area contributed by atoms with Crippen molar-refractivity contribution in [3.63, 3.8) is 0 Å². The molecule has 0 bridgehead atoms. The smallest absolute Gasteiger partial charge is 0.260 e. The molecule has 38 heavy (non-hydrogen) atoms. The van der Waals surface area contributed by atoms with E-state index in [0.29, 0.717) is 40.2 Å². The van der Waals surface area contributed by atoms with E-state index < -0.39 is 0 Å². The highest BCUT2D eigenvalue weighted by Crippen LogP contribution is 2.24. The van der Waals surface area contributed by atoms with Crippen LogP contribution in [0.25, 0.3) is 16.9 Å². The summed E-state index contributed by atoms with van der Waals surface area (Å²) in [5.74, 6) is 0.632. The number of nitriles is 1. The molecule has 0 aliphatic carbocycles. The Morgan fingerprint density at radius 2 is 1.92 bits per heavy atom. The van der Waals surface area contributed by atoms with Crippen molar-refractivity contribution in [2.75, 3.05) is 35.7 Å². The lowest BCUT2D eigenvalue weighted by molar-refractivity contribution is 0.0819. The van der Waals surface area contributed by atoms with Gasteiger partial charge in [-0.05, 0) is 44.9 Å². The summed E-state index contributed by atoms with van der Waals surface area (Å²) in [6, 6.07) is 9.42. The van der Waals surface area contributed by atoms with E-state index in [4.69, 9.17) is 10.00 Å². The number of amides is 1. The molecule has 2 N–H and O–H groups in total. The van der Waals surface area contributed by atoms with Crippen molar-refractivity contribution < 1.29 is 9.53 Å². The van der Waals surface area contributed by atoms with Crippen LogP contribution in [0.3, 0.4) is 0 Å². The summed E-state index contributed by atoms with van der Waals surface area (Å²) < 4.78 is 7.03. The summed E-state index contributed by atoms with van der Waals surface area (Å²) in [5, 5.41) is 20.5. The first-order chi connectivity index (χ1) is 18.4. The van der Waals surface area contributed by atoms with Crippen LogP contribution in [0.15, 0.2) is 49.1 Å². The molecule has 0 spiro atoms. The van der Waals surface area contributed by atoms with Crippen LogP contribution in [-0.4, -0.2) is 63.0 Å². The number of ether oxygens (including phenoxy) is 1. The first-order valence-corrected chi connectivity index (χ1v) is 12.5. The monoisotopic (exact) mass is 511 g/mol. The molecule has 1 saturated heterocycles. The Bertz CT molecular complexity index is 1480. The molecule has 5 rings (SSSR count). The fraction of sp³-hybridized carbons (Fsp3) is 0.333. The van der Waals surface area contributed by atoms with E-state index in [1.165, 1.54) is 12.4 Å². The third kappa shape index (κ3) is 5.26. The Morgan fingerprint density at radius 1 is 1.11 bits per heavy atom. The summed E-state index contributed by atoms with van der Waals surface area (Å²) in [6.45, 7) is 5.81. The van der Waals surface area contributed by atoms with Crippen LogP contribution in [-0.2, 0) is 4.74 Å². The number of piperidine rings is 1. The summed E-state index contributed by atoms with van der Waals surface area (Å²) >= 11 is 0. The Hall–Kier alpha value is -4.56. The van der Waals surface area contributed by atoms with Crippen molar-refractivity contribution in [2.45, 2.75) is 38.8 Å². The highest BCUT2D eigenvalue weighted by atomic mass is 16.5. The molecule has 0 radical (unpaired) electrons. The fourth-order valence-electron chi connectivity index (χ4n) is 4.50. The maximum Gasteiger partial charge on any atom is 0.260 e. The van der Waals surface area contributed by atoms with E-state index in [1.54, 1.807) is 36.3 Å². The first kappa shape index (κ1) is 25.1. The van der Waals surface area contributed by atoms with Gasteiger partial charge in [-0.25, -0.2) is 15.0 Å². The number of carbonyl (C=O) groups excluding carboxylic acids is 1. The fourth-order valence-corrected chi connectivity index (χ4v) is 4.50. The van der Waals surface area contributed by atoms with Gasteiger partial charge in [0.25, 0.3) is 5.91 Å². The van der Waals surface area contributed by atoms with Gasteiger partial charge in [-0.3, -0.25) is 4.79 Å². The van der Waals surface area contributed by atoms with Gasteiger partial charge in [-0.15, -0.1) is 0 Å². The maximum absolute atomic E-state index is 13.2. The van der Waals surface area contributed by atoms with Crippen molar-refractivity contribution in [1.29, 1.82) is 5.26 Å². The van der Waals surface area contributed by atoms with E-state index in [2.05, 4.69) is 41.7 Å². The normalized spacial score (nSPS) is 14.0. The summed E-state index contributed by atoms with van der Waals surface area (Å²) in [4.78, 5) is 28.8. The van der Waals surface area contributed by atoms with E-state index in [9.17, 15) is 4.79 Å². The molecular weight excluding hydrogens is 482 g/mol. The zero-order valence-corrected chi connectivity index (χ0v) is 21.5. The second kappa shape index (κ2) is 10.8. The predicted octanol–water partition coefficient (Wildman–Crippen LogP) is 3.77. The second-order valence-corrected chi connectivity index (χ2v) is 9.47. The minimum atomic E-state index is -0.324. The van der Waals surface area contributed by atoms with Crippen molar-refractivity contribution >= 4 is 34.1 Å². The van der Waals surface area contributed by atoms with E-state index in [0.717, 1.165) is 37.0 Å². The minimum Gasteiger partial charge on any atom is -0.382 e. The number of aromatic nitrogens is 5. The van der Waals surface area contributed by atoms with Gasteiger partial charge in [0, 0.05) is 50.1 Å². The Balaban J connectivity index is 1.35. The van der Waals surface area contributed by atoms with Crippen LogP contribution in [0, 0.1) is 11.3 Å². The molecule has 194 valence electrons. The zero-order valence-electron chi connectivity index (χ0n) is 21.5. The maximum atomic E-state index is 13.2. The minimum absolute atomic E-state index is 0.0714. The highest BCUT2D eigenvalue weighted by molar-refractivity contribution is 6.07. The molecular formula is C27H29N9O2. The average Bonchev–Trinajstić information content (AvgIpc) is 3.36. The van der Waals surface area contributed by atoms with Crippen molar-refractivity contribution in [3.8, 4) is 11.9 Å². The van der Waals surface area contributed by atoms with E-state index >= 15 is 0 Å². The molecule has 11 heteroatoms. The van der Waals surface area contributed by atoms with Crippen LogP contribution >= 0.6 is 0 Å². The van der Waals surface area contributed by atoms with Crippen LogP contribution in [0.4, 0.5) is 17.2 Å². The topological polar surface area (TPSA) is 134 Å². The lowest BCUT2D eigenvalue weighted by Gasteiger charge is -2.32. The summed E-state index contributed by atoms with van der Waals surface area (Å²) in [7, 11) is 1.76. The predicted molar refractivity (Wildman–Crippen MR) is 145 cm³/mol. The number of rotatable bonds is 7. The SMILES string of the molecule is COC1CCN(c2ccc(NC(=O)c3cnc(-n4ncc5cc(C#N)cnc54)cc3NC(C)C)nc2)CC1. The Kier molecular flexibility index (Phi) is 7.15. The number of hydrogen-bond acceptors (Lipinski definition) is 9. The lowest BCUT2D eigenvalue weighted by atomic mass is 10.1. The third-order valence-electron chi connectivity index (χ3n) is 6.46. The number of methoxy groups -OCH3 is 1. The van der Waals surface area contributed by atoms with Crippen LogP contribution < -0.4 is 15.5 Å². The lowest BCUT2D eigenvalue weighted by Crippen LogP contribution is -2.36. The number of pyridine rings is 3. The zero-order chi connectivity index (χ0) is 26.6. The molecule has 1 amide bonds. The van der Waals surface area contributed by atoms with Gasteiger partial charge in [0.15, 0.2) is 11.5 Å². The highest BCUT2D eigenvalue weighted by Gasteiger charge is 2.20. The molecule has 1 aliphatic rings. The number of anilines is 3. The van der Waals surface area contributed by atoms with Gasteiger partial charge in [0.2, 0.25) is 0 Å². The second-order valence-electron chi connectivity index (χ2n) is 9.47. The first-order valence-electron chi connectivity index (χ1n) is 12.5. The molecule has 1 aliphatic heterocycles. The third-order valence-corrected chi connectivity index (χ3v) is 6.46. The largest absolute Gasteiger partial charge is 0.382 e. The van der Waals surface area contributed by atoms with Crippen LogP contribution in [0.1, 0.15) is 42.6 Å². The van der Waals surface area contributed by atoms with Gasteiger partial charge < -0.3 is 20.3 Å². The molecule has 11 nitrogen and oxygen atoms in total. The molecule has 0 aromatic carbocycles. The number of fused-ring (bicyclic) bond motifs is 1. The van der Waals surface area contributed by atoms with Gasteiger partial charge >= 0.3 is 0 Å². The van der Waals surface area contributed by atoms with Gasteiger partial charge in [0.1, 0.15) is 11.9 Å². The molecule has 0 unspecified atom stereocenters. The van der Waals surface area contributed by atoms with Crippen LogP contribution in [0.2, 0.25) is 0 Å². The summed E-state index contributed by atoms with van der Waals surface area (Å²) in [6.07, 6.45) is 8.70. The molecule has 0 atom stereocenters. The standard InChI is InChI=1S/C27H29N9O2/c1-17(2)33-23-11-25(36-26-19(14-32-36)10-18(12-28)13-31-26)30-16-22(23)27(37)34-24-5-4-20(15-29-24)35-8-6-21(38-3)7-9-35/h4-5,10-11,13-17,21H,6-9H2,1-3H3,(H,30,33)(H,29,34,37). The van der Waals surface area contributed by atoms with Crippen molar-refractivity contribution in [2.24, 2.45) is 0 Å². The molecule has 4 aromatic heterocycles.